The lowest BCUT2D eigenvalue weighted by molar-refractivity contribution is -0.128. The Morgan fingerprint density at radius 1 is 1.23 bits per heavy atom. The van der Waals surface area contributed by atoms with Crippen LogP contribution in [-0.4, -0.2) is 75.1 Å². The highest BCUT2D eigenvalue weighted by molar-refractivity contribution is 6.45. The third kappa shape index (κ3) is 3.72. The maximum atomic E-state index is 13.0. The Bertz CT molecular complexity index is 1160. The fourth-order valence-electron chi connectivity index (χ4n) is 3.76. The average Bonchev–Trinajstić information content (AvgIpc) is 3.24. The van der Waals surface area contributed by atoms with E-state index in [1.807, 2.05) is 6.92 Å². The Balaban J connectivity index is 1.52. The number of piperazine rings is 1. The van der Waals surface area contributed by atoms with Crippen LogP contribution in [0.3, 0.4) is 0 Å². The number of halogens is 1. The highest BCUT2D eigenvalue weighted by Gasteiger charge is 2.34. The molecule has 3 aromatic heterocycles. The van der Waals surface area contributed by atoms with E-state index in [1.54, 1.807) is 29.3 Å². The van der Waals surface area contributed by atoms with E-state index in [2.05, 4.69) is 15.0 Å². The second-order valence-corrected chi connectivity index (χ2v) is 7.57. The number of hydrogen-bond donors (Lipinski definition) is 1. The van der Waals surface area contributed by atoms with Crippen LogP contribution < -0.4 is 4.74 Å². The smallest absolute Gasteiger partial charge is 0.295 e. The van der Waals surface area contributed by atoms with Gasteiger partial charge in [0.25, 0.3) is 17.6 Å². The molecular formula is C21H20ClN5O4. The van der Waals surface area contributed by atoms with E-state index in [1.165, 1.54) is 24.4 Å². The van der Waals surface area contributed by atoms with E-state index in [0.29, 0.717) is 28.9 Å². The second kappa shape index (κ2) is 8.35. The number of rotatable bonds is 4. The van der Waals surface area contributed by atoms with Crippen molar-refractivity contribution in [2.75, 3.05) is 26.7 Å². The summed E-state index contributed by atoms with van der Waals surface area (Å²) in [5.74, 6) is -1.18. The van der Waals surface area contributed by atoms with Gasteiger partial charge >= 0.3 is 0 Å². The molecule has 3 aromatic rings. The molecule has 0 radical (unpaired) electrons. The van der Waals surface area contributed by atoms with Crippen molar-refractivity contribution >= 4 is 40.1 Å². The zero-order chi connectivity index (χ0) is 22.1. The number of H-pyrrole nitrogens is 1. The van der Waals surface area contributed by atoms with E-state index in [0.717, 1.165) is 0 Å². The van der Waals surface area contributed by atoms with Crippen LogP contribution in [0, 0.1) is 0 Å². The molecule has 9 nitrogen and oxygen atoms in total. The molecule has 4 heterocycles. The van der Waals surface area contributed by atoms with Gasteiger partial charge in [-0.25, -0.2) is 4.98 Å². The van der Waals surface area contributed by atoms with Gasteiger partial charge in [0.15, 0.2) is 5.15 Å². The highest BCUT2D eigenvalue weighted by Crippen LogP contribution is 2.32. The number of aromatic amines is 1. The zero-order valence-electron chi connectivity index (χ0n) is 17.0. The maximum Gasteiger partial charge on any atom is 0.295 e. The first-order valence-electron chi connectivity index (χ1n) is 9.67. The first kappa shape index (κ1) is 20.8. The third-order valence-corrected chi connectivity index (χ3v) is 5.63. The lowest BCUT2D eigenvalue weighted by Crippen LogP contribution is -2.56. The second-order valence-electron chi connectivity index (χ2n) is 7.21. The number of carbonyl (C=O) groups excluding carboxylic acids is 3. The SMILES string of the molecule is COc1cnc(Cl)c2[nH]cc(C(=O)C(=O)N3CCN(C(=O)c4ccccn4)C(C)C3)c12. The molecule has 1 saturated heterocycles. The molecule has 1 atom stereocenters. The number of Topliss-reactive ketones (excluding diaryl/α,β-unsaturated/α-hetero) is 1. The van der Waals surface area contributed by atoms with E-state index < -0.39 is 11.7 Å². The number of nitrogens with zero attached hydrogens (tertiary/aromatic N) is 4. The van der Waals surface area contributed by atoms with E-state index >= 15 is 0 Å². The molecule has 2 amide bonds. The molecule has 0 aromatic carbocycles. The molecule has 1 aliphatic rings. The minimum atomic E-state index is -0.677. The molecule has 160 valence electrons. The van der Waals surface area contributed by atoms with Gasteiger partial charge in [-0.2, -0.15) is 0 Å². The molecular weight excluding hydrogens is 422 g/mol. The Hall–Kier alpha value is -3.46. The van der Waals surface area contributed by atoms with Crippen LogP contribution in [0.2, 0.25) is 5.15 Å². The van der Waals surface area contributed by atoms with Crippen molar-refractivity contribution in [2.45, 2.75) is 13.0 Å². The van der Waals surface area contributed by atoms with Crippen molar-refractivity contribution in [3.8, 4) is 5.75 Å². The van der Waals surface area contributed by atoms with Crippen LogP contribution in [0.1, 0.15) is 27.8 Å². The number of ketones is 1. The van der Waals surface area contributed by atoms with Gasteiger partial charge in [0.1, 0.15) is 11.4 Å². The summed E-state index contributed by atoms with van der Waals surface area (Å²) in [5.41, 5.74) is 0.943. The molecule has 0 aliphatic carbocycles. The Morgan fingerprint density at radius 2 is 2.03 bits per heavy atom. The maximum absolute atomic E-state index is 13.0. The van der Waals surface area contributed by atoms with Gasteiger partial charge in [-0.15, -0.1) is 0 Å². The molecule has 10 heteroatoms. The zero-order valence-corrected chi connectivity index (χ0v) is 17.7. The molecule has 0 saturated carbocycles. The largest absolute Gasteiger partial charge is 0.494 e. The fraction of sp³-hybridized carbons (Fsp3) is 0.286. The van der Waals surface area contributed by atoms with Crippen molar-refractivity contribution in [2.24, 2.45) is 0 Å². The van der Waals surface area contributed by atoms with Crippen molar-refractivity contribution in [3.05, 3.63) is 53.2 Å². The summed E-state index contributed by atoms with van der Waals surface area (Å²) in [5, 5.41) is 0.593. The number of methoxy groups -OCH3 is 1. The number of fused-ring (bicyclic) bond motifs is 1. The lowest BCUT2D eigenvalue weighted by Gasteiger charge is -2.39. The summed E-state index contributed by atoms with van der Waals surface area (Å²) in [6, 6.07) is 4.88. The normalized spacial score (nSPS) is 16.4. The standard InChI is InChI=1S/C21H20ClN5O4/c1-12-11-26(7-8-27(12)20(29)14-5-3-4-6-23-14)21(30)18(28)13-9-24-17-16(13)15(31-2)10-25-19(17)22/h3-6,9-10,12,24H,7-8,11H2,1-2H3. The quantitative estimate of drug-likeness (QED) is 0.377. The molecule has 1 aliphatic heterocycles. The molecule has 0 bridgehead atoms. The first-order valence-corrected chi connectivity index (χ1v) is 10.0. The Morgan fingerprint density at radius 3 is 2.71 bits per heavy atom. The summed E-state index contributed by atoms with van der Waals surface area (Å²) in [4.78, 5) is 52.8. The van der Waals surface area contributed by atoms with E-state index in [-0.39, 0.29) is 35.8 Å². The van der Waals surface area contributed by atoms with Gasteiger partial charge in [-0.05, 0) is 19.1 Å². The van der Waals surface area contributed by atoms with Gasteiger partial charge in [0, 0.05) is 38.1 Å². The summed E-state index contributed by atoms with van der Waals surface area (Å²) >= 11 is 6.10. The Kier molecular flexibility index (Phi) is 5.60. The van der Waals surface area contributed by atoms with Crippen LogP contribution in [0.15, 0.2) is 36.8 Å². The number of pyridine rings is 2. The monoisotopic (exact) mass is 441 g/mol. The summed E-state index contributed by atoms with van der Waals surface area (Å²) < 4.78 is 5.29. The predicted octanol–water partition coefficient (Wildman–Crippen LogP) is 2.18. The number of ether oxygens (including phenoxy) is 1. The summed E-state index contributed by atoms with van der Waals surface area (Å²) in [6.07, 6.45) is 4.41. The van der Waals surface area contributed by atoms with Crippen LogP contribution in [-0.2, 0) is 4.79 Å². The van der Waals surface area contributed by atoms with Crippen molar-refractivity contribution in [1.29, 1.82) is 0 Å². The molecule has 4 rings (SSSR count). The van der Waals surface area contributed by atoms with Crippen LogP contribution in [0.5, 0.6) is 5.75 Å². The minimum absolute atomic E-state index is 0.167. The fourth-order valence-corrected chi connectivity index (χ4v) is 3.96. The van der Waals surface area contributed by atoms with E-state index in [4.69, 9.17) is 16.3 Å². The van der Waals surface area contributed by atoms with Crippen molar-refractivity contribution < 1.29 is 19.1 Å². The predicted molar refractivity (Wildman–Crippen MR) is 113 cm³/mol. The van der Waals surface area contributed by atoms with Gasteiger partial charge in [0.2, 0.25) is 0 Å². The number of nitrogens with one attached hydrogen (secondary N) is 1. The van der Waals surface area contributed by atoms with E-state index in [9.17, 15) is 14.4 Å². The third-order valence-electron chi connectivity index (χ3n) is 5.35. The van der Waals surface area contributed by atoms with Gasteiger partial charge in [-0.3, -0.25) is 19.4 Å². The van der Waals surface area contributed by atoms with Gasteiger partial charge in [-0.1, -0.05) is 17.7 Å². The van der Waals surface area contributed by atoms with Crippen LogP contribution in [0.4, 0.5) is 0 Å². The van der Waals surface area contributed by atoms with Crippen molar-refractivity contribution in [3.63, 3.8) is 0 Å². The lowest BCUT2D eigenvalue weighted by atomic mass is 10.1. The number of carbonyl (C=O) groups is 3. The van der Waals surface area contributed by atoms with Crippen molar-refractivity contribution in [1.82, 2.24) is 24.8 Å². The summed E-state index contributed by atoms with van der Waals surface area (Å²) in [6.45, 7) is 2.63. The van der Waals surface area contributed by atoms with Crippen LogP contribution in [0.25, 0.3) is 10.9 Å². The molecule has 1 fully saturated rings. The van der Waals surface area contributed by atoms with Crippen LogP contribution >= 0.6 is 11.6 Å². The molecule has 0 spiro atoms. The van der Waals surface area contributed by atoms with Gasteiger partial charge in [0.05, 0.1) is 29.8 Å². The minimum Gasteiger partial charge on any atom is -0.494 e. The number of amides is 2. The first-order chi connectivity index (χ1) is 14.9. The number of hydrogen-bond acceptors (Lipinski definition) is 6. The number of aromatic nitrogens is 3. The summed E-state index contributed by atoms with van der Waals surface area (Å²) in [7, 11) is 1.45. The molecule has 1 N–H and O–H groups in total. The Labute approximate surface area is 183 Å². The average molecular weight is 442 g/mol. The molecule has 31 heavy (non-hydrogen) atoms. The molecule has 1 unspecified atom stereocenters. The van der Waals surface area contributed by atoms with Gasteiger partial charge < -0.3 is 19.5 Å². The topological polar surface area (TPSA) is 108 Å². The highest BCUT2D eigenvalue weighted by atomic mass is 35.5.